The fourth-order valence-corrected chi connectivity index (χ4v) is 1.87. The van der Waals surface area contributed by atoms with Crippen molar-refractivity contribution in [3.05, 3.63) is 52.9 Å². The lowest BCUT2D eigenvalue weighted by atomic mass is 10.1. The van der Waals surface area contributed by atoms with Gasteiger partial charge in [0.15, 0.2) is 0 Å². The fraction of sp³-hybridized carbons (Fsp3) is 0.0769. The number of rotatable bonds is 3. The van der Waals surface area contributed by atoms with Gasteiger partial charge in [-0.25, -0.2) is 4.39 Å². The number of halogens is 2. The highest BCUT2D eigenvalue weighted by atomic mass is 35.5. The van der Waals surface area contributed by atoms with E-state index >= 15 is 0 Å². The van der Waals surface area contributed by atoms with E-state index in [1.807, 2.05) is 0 Å². The largest absolute Gasteiger partial charge is 0.481 e. The molecule has 0 aliphatic heterocycles. The minimum Gasteiger partial charge on any atom is -0.481 e. The van der Waals surface area contributed by atoms with Crippen molar-refractivity contribution in [1.29, 1.82) is 0 Å². The van der Waals surface area contributed by atoms with Gasteiger partial charge in [-0.2, -0.15) is 0 Å². The molecule has 0 fully saturated rings. The lowest BCUT2D eigenvalue weighted by molar-refractivity contribution is -0.136. The van der Waals surface area contributed by atoms with Crippen LogP contribution in [0, 0.1) is 5.82 Å². The SMILES string of the molecule is O=C(O)Cc1cnc(-c2ccc(F)cc2)c(Cl)c1. The number of hydrogen-bond acceptors (Lipinski definition) is 2. The maximum Gasteiger partial charge on any atom is 0.307 e. The molecule has 5 heteroatoms. The molecule has 0 saturated carbocycles. The Morgan fingerprint density at radius 2 is 2.00 bits per heavy atom. The van der Waals surface area contributed by atoms with Crippen LogP contribution in [0.25, 0.3) is 11.3 Å². The standard InChI is InChI=1S/C13H9ClFNO2/c14-11-5-8(6-12(17)18)7-16-13(11)9-1-3-10(15)4-2-9/h1-5,7H,6H2,(H,17,18). The summed E-state index contributed by atoms with van der Waals surface area (Å²) in [5.41, 5.74) is 1.72. The summed E-state index contributed by atoms with van der Waals surface area (Å²) in [7, 11) is 0. The van der Waals surface area contributed by atoms with Crippen molar-refractivity contribution in [2.45, 2.75) is 6.42 Å². The molecule has 0 spiro atoms. The first-order valence-corrected chi connectivity index (χ1v) is 5.56. The summed E-state index contributed by atoms with van der Waals surface area (Å²) in [5.74, 6) is -1.28. The number of carboxylic acids is 1. The Morgan fingerprint density at radius 3 is 2.56 bits per heavy atom. The number of benzene rings is 1. The van der Waals surface area contributed by atoms with E-state index in [1.165, 1.54) is 18.3 Å². The van der Waals surface area contributed by atoms with Crippen LogP contribution in [0.1, 0.15) is 5.56 Å². The van der Waals surface area contributed by atoms with Gasteiger partial charge in [0.1, 0.15) is 5.82 Å². The van der Waals surface area contributed by atoms with Crippen molar-refractivity contribution in [3.8, 4) is 11.3 Å². The molecule has 1 N–H and O–H groups in total. The molecule has 0 bridgehead atoms. The molecule has 0 aliphatic rings. The van der Waals surface area contributed by atoms with Gasteiger partial charge in [-0.15, -0.1) is 0 Å². The lowest BCUT2D eigenvalue weighted by Gasteiger charge is -2.05. The third-order valence-electron chi connectivity index (χ3n) is 2.37. The van der Waals surface area contributed by atoms with Gasteiger partial charge in [-0.3, -0.25) is 9.78 Å². The molecule has 1 aromatic carbocycles. The van der Waals surface area contributed by atoms with Crippen LogP contribution >= 0.6 is 11.6 Å². The second-order valence-electron chi connectivity index (χ2n) is 3.75. The Kier molecular flexibility index (Phi) is 3.58. The molecule has 0 saturated heterocycles. The zero-order chi connectivity index (χ0) is 13.1. The molecular weight excluding hydrogens is 257 g/mol. The highest BCUT2D eigenvalue weighted by molar-refractivity contribution is 6.33. The van der Waals surface area contributed by atoms with Crippen LogP contribution in [-0.2, 0) is 11.2 Å². The van der Waals surface area contributed by atoms with Crippen LogP contribution in [0.3, 0.4) is 0 Å². The first-order chi connectivity index (χ1) is 8.56. The predicted molar refractivity (Wildman–Crippen MR) is 66.0 cm³/mol. The summed E-state index contributed by atoms with van der Waals surface area (Å²) in [6.07, 6.45) is 1.33. The van der Waals surface area contributed by atoms with E-state index in [2.05, 4.69) is 4.98 Å². The Bertz CT molecular complexity index is 584. The third-order valence-corrected chi connectivity index (χ3v) is 2.66. The molecule has 0 atom stereocenters. The molecule has 1 aromatic heterocycles. The smallest absolute Gasteiger partial charge is 0.307 e. The zero-order valence-electron chi connectivity index (χ0n) is 9.23. The molecule has 0 radical (unpaired) electrons. The van der Waals surface area contributed by atoms with E-state index in [1.54, 1.807) is 18.2 Å². The quantitative estimate of drug-likeness (QED) is 0.927. The van der Waals surface area contributed by atoms with E-state index in [0.717, 1.165) is 0 Å². The van der Waals surface area contributed by atoms with Gasteiger partial charge in [-0.05, 0) is 35.9 Å². The Labute approximate surface area is 108 Å². The van der Waals surface area contributed by atoms with Gasteiger partial charge < -0.3 is 5.11 Å². The maximum atomic E-state index is 12.8. The second-order valence-corrected chi connectivity index (χ2v) is 4.16. The summed E-state index contributed by atoms with van der Waals surface area (Å²) in [5, 5.41) is 9.01. The summed E-state index contributed by atoms with van der Waals surface area (Å²) in [4.78, 5) is 14.7. The Morgan fingerprint density at radius 1 is 1.33 bits per heavy atom. The first kappa shape index (κ1) is 12.5. The van der Waals surface area contributed by atoms with Crippen LogP contribution in [0.2, 0.25) is 5.02 Å². The van der Waals surface area contributed by atoms with E-state index in [9.17, 15) is 9.18 Å². The number of aromatic nitrogens is 1. The van der Waals surface area contributed by atoms with E-state index in [0.29, 0.717) is 21.8 Å². The highest BCUT2D eigenvalue weighted by Gasteiger charge is 2.08. The topological polar surface area (TPSA) is 50.2 Å². The van der Waals surface area contributed by atoms with Crippen LogP contribution in [0.15, 0.2) is 36.5 Å². The number of aliphatic carboxylic acids is 1. The molecule has 0 amide bonds. The normalized spacial score (nSPS) is 10.3. The summed E-state index contributed by atoms with van der Waals surface area (Å²) in [6.45, 7) is 0. The summed E-state index contributed by atoms with van der Waals surface area (Å²) in [6, 6.07) is 7.33. The zero-order valence-corrected chi connectivity index (χ0v) is 9.99. The minimum atomic E-state index is -0.942. The van der Waals surface area contributed by atoms with Crippen LogP contribution in [0.4, 0.5) is 4.39 Å². The molecular formula is C13H9ClFNO2. The monoisotopic (exact) mass is 265 g/mol. The summed E-state index contributed by atoms with van der Waals surface area (Å²) < 4.78 is 12.8. The number of pyridine rings is 1. The van der Waals surface area contributed by atoms with E-state index in [-0.39, 0.29) is 12.2 Å². The number of carbonyl (C=O) groups is 1. The number of nitrogens with zero attached hydrogens (tertiary/aromatic N) is 1. The van der Waals surface area contributed by atoms with Gasteiger partial charge in [0.2, 0.25) is 0 Å². The number of hydrogen-bond donors (Lipinski definition) is 1. The van der Waals surface area contributed by atoms with E-state index < -0.39 is 5.97 Å². The van der Waals surface area contributed by atoms with Gasteiger partial charge in [0.25, 0.3) is 0 Å². The molecule has 2 aromatic rings. The van der Waals surface area contributed by atoms with Gasteiger partial charge in [-0.1, -0.05) is 11.6 Å². The minimum absolute atomic E-state index is 0.129. The van der Waals surface area contributed by atoms with Crippen molar-refractivity contribution < 1.29 is 14.3 Å². The predicted octanol–water partition coefficient (Wildman–Crippen LogP) is 3.17. The Hall–Kier alpha value is -1.94. The van der Waals surface area contributed by atoms with Gasteiger partial charge in [0, 0.05) is 11.8 Å². The van der Waals surface area contributed by atoms with Crippen LogP contribution in [-0.4, -0.2) is 16.1 Å². The molecule has 0 unspecified atom stereocenters. The van der Waals surface area contributed by atoms with Gasteiger partial charge in [0.05, 0.1) is 17.1 Å². The summed E-state index contributed by atoms with van der Waals surface area (Å²) >= 11 is 6.04. The first-order valence-electron chi connectivity index (χ1n) is 5.18. The molecule has 0 aliphatic carbocycles. The highest BCUT2D eigenvalue weighted by Crippen LogP contribution is 2.26. The van der Waals surface area contributed by atoms with Crippen molar-refractivity contribution in [1.82, 2.24) is 4.98 Å². The van der Waals surface area contributed by atoms with Crippen molar-refractivity contribution >= 4 is 17.6 Å². The van der Waals surface area contributed by atoms with Crippen molar-refractivity contribution in [2.75, 3.05) is 0 Å². The van der Waals surface area contributed by atoms with Crippen molar-refractivity contribution in [2.24, 2.45) is 0 Å². The van der Waals surface area contributed by atoms with Crippen LogP contribution in [0.5, 0.6) is 0 Å². The fourth-order valence-electron chi connectivity index (χ4n) is 1.57. The molecule has 92 valence electrons. The van der Waals surface area contributed by atoms with Crippen LogP contribution < -0.4 is 0 Å². The molecule has 18 heavy (non-hydrogen) atoms. The maximum absolute atomic E-state index is 12.8. The van der Waals surface area contributed by atoms with E-state index in [4.69, 9.17) is 16.7 Å². The molecule has 1 heterocycles. The lowest BCUT2D eigenvalue weighted by Crippen LogP contribution is -2.01. The Balaban J connectivity index is 2.35. The second kappa shape index (κ2) is 5.14. The number of carboxylic acid groups (broad SMARTS) is 1. The molecule has 2 rings (SSSR count). The third kappa shape index (κ3) is 2.84. The van der Waals surface area contributed by atoms with Gasteiger partial charge >= 0.3 is 5.97 Å². The molecule has 3 nitrogen and oxygen atoms in total. The average Bonchev–Trinajstić information content (AvgIpc) is 2.30. The van der Waals surface area contributed by atoms with Crippen molar-refractivity contribution in [3.63, 3.8) is 0 Å². The average molecular weight is 266 g/mol.